The molecule has 0 bridgehead atoms. The van der Waals surface area contributed by atoms with Gasteiger partial charge in [0.25, 0.3) is 0 Å². The van der Waals surface area contributed by atoms with E-state index in [0.29, 0.717) is 30.5 Å². The number of nitrogens with one attached hydrogen (secondary N) is 1. The van der Waals surface area contributed by atoms with E-state index in [1.807, 2.05) is 31.2 Å². The number of piperidine rings is 1. The summed E-state index contributed by atoms with van der Waals surface area (Å²) in [5, 5.41) is 3.51. The van der Waals surface area contributed by atoms with Crippen LogP contribution in [-0.4, -0.2) is 39.0 Å². The van der Waals surface area contributed by atoms with Gasteiger partial charge >= 0.3 is 0 Å². The lowest BCUT2D eigenvalue weighted by Gasteiger charge is -2.31. The maximum atomic E-state index is 12.7. The quantitative estimate of drug-likeness (QED) is 0.754. The molecular formula is C21H28N2O3S. The standard InChI is InChI=1S/C21H28N2O3S/c1-2-26-21-11-7-6-8-19(21)17-22-16-18-12-14-23(15-13-18)27(24,25)20-9-4-3-5-10-20/h3-11,18,22H,2,12-17H2,1H3. The fraction of sp³-hybridized carbons (Fsp3) is 0.429. The Morgan fingerprint density at radius 3 is 2.41 bits per heavy atom. The van der Waals surface area contributed by atoms with E-state index in [4.69, 9.17) is 4.74 Å². The van der Waals surface area contributed by atoms with E-state index in [1.54, 1.807) is 28.6 Å². The van der Waals surface area contributed by atoms with Gasteiger partial charge in [0.1, 0.15) is 5.75 Å². The zero-order valence-electron chi connectivity index (χ0n) is 15.8. The Kier molecular flexibility index (Phi) is 6.88. The van der Waals surface area contributed by atoms with E-state index in [-0.39, 0.29) is 0 Å². The van der Waals surface area contributed by atoms with E-state index >= 15 is 0 Å². The molecular weight excluding hydrogens is 360 g/mol. The van der Waals surface area contributed by atoms with E-state index in [0.717, 1.165) is 37.2 Å². The van der Waals surface area contributed by atoms with Crippen LogP contribution in [0.3, 0.4) is 0 Å². The van der Waals surface area contributed by atoms with Crippen LogP contribution in [0.15, 0.2) is 59.5 Å². The molecule has 0 radical (unpaired) electrons. The summed E-state index contributed by atoms with van der Waals surface area (Å²) in [6, 6.07) is 16.8. The molecule has 0 spiro atoms. The number of hydrogen-bond donors (Lipinski definition) is 1. The average molecular weight is 389 g/mol. The molecule has 1 aliphatic heterocycles. The van der Waals surface area contributed by atoms with Gasteiger partial charge in [0.15, 0.2) is 0 Å². The highest BCUT2D eigenvalue weighted by Gasteiger charge is 2.29. The fourth-order valence-corrected chi connectivity index (χ4v) is 4.94. The summed E-state index contributed by atoms with van der Waals surface area (Å²) in [7, 11) is -3.36. The van der Waals surface area contributed by atoms with Crippen molar-refractivity contribution >= 4 is 10.0 Å². The summed E-state index contributed by atoms with van der Waals surface area (Å²) in [4.78, 5) is 0.383. The van der Waals surface area contributed by atoms with Crippen LogP contribution in [-0.2, 0) is 16.6 Å². The summed E-state index contributed by atoms with van der Waals surface area (Å²) in [6.07, 6.45) is 1.76. The molecule has 0 amide bonds. The molecule has 5 nitrogen and oxygen atoms in total. The highest BCUT2D eigenvalue weighted by atomic mass is 32.2. The summed E-state index contributed by atoms with van der Waals surface area (Å²) in [5.41, 5.74) is 1.16. The molecule has 0 saturated carbocycles. The summed E-state index contributed by atoms with van der Waals surface area (Å²) in [5.74, 6) is 1.42. The number of hydrogen-bond acceptors (Lipinski definition) is 4. The minimum atomic E-state index is -3.36. The van der Waals surface area contributed by atoms with Gasteiger partial charge in [0.2, 0.25) is 10.0 Å². The molecule has 0 unspecified atom stereocenters. The van der Waals surface area contributed by atoms with E-state index in [9.17, 15) is 8.42 Å². The third-order valence-electron chi connectivity index (χ3n) is 4.98. The summed E-state index contributed by atoms with van der Waals surface area (Å²) < 4.78 is 32.7. The van der Waals surface area contributed by atoms with Crippen LogP contribution in [0.4, 0.5) is 0 Å². The van der Waals surface area contributed by atoms with Crippen LogP contribution in [0, 0.1) is 5.92 Å². The molecule has 1 fully saturated rings. The first-order valence-corrected chi connectivity index (χ1v) is 11.0. The Bertz CT molecular complexity index is 816. The van der Waals surface area contributed by atoms with Crippen LogP contribution < -0.4 is 10.1 Å². The summed E-state index contributed by atoms with van der Waals surface area (Å²) >= 11 is 0. The second-order valence-corrected chi connectivity index (χ2v) is 8.77. The van der Waals surface area contributed by atoms with Crippen molar-refractivity contribution in [2.45, 2.75) is 31.2 Å². The molecule has 1 heterocycles. The number of para-hydroxylation sites is 1. The number of nitrogens with zero attached hydrogens (tertiary/aromatic N) is 1. The largest absolute Gasteiger partial charge is 0.494 e. The van der Waals surface area contributed by atoms with Crippen molar-refractivity contribution in [3.8, 4) is 5.75 Å². The van der Waals surface area contributed by atoms with Crippen LogP contribution >= 0.6 is 0 Å². The molecule has 1 aliphatic rings. The topological polar surface area (TPSA) is 58.6 Å². The van der Waals surface area contributed by atoms with Crippen molar-refractivity contribution < 1.29 is 13.2 Å². The van der Waals surface area contributed by atoms with Gasteiger partial charge in [0, 0.05) is 25.2 Å². The molecule has 0 aromatic heterocycles. The lowest BCUT2D eigenvalue weighted by atomic mass is 9.98. The predicted octanol–water partition coefficient (Wildman–Crippen LogP) is 3.28. The van der Waals surface area contributed by atoms with Crippen molar-refractivity contribution in [1.82, 2.24) is 9.62 Å². The molecule has 1 N–H and O–H groups in total. The fourth-order valence-electron chi connectivity index (χ4n) is 3.45. The van der Waals surface area contributed by atoms with Gasteiger partial charge in [0.05, 0.1) is 11.5 Å². The summed E-state index contributed by atoms with van der Waals surface area (Å²) in [6.45, 7) is 5.46. The first-order valence-electron chi connectivity index (χ1n) is 9.58. The SMILES string of the molecule is CCOc1ccccc1CNCC1CCN(S(=O)(=O)c2ccccc2)CC1. The Hall–Kier alpha value is -1.89. The minimum Gasteiger partial charge on any atom is -0.494 e. The number of rotatable bonds is 8. The zero-order valence-corrected chi connectivity index (χ0v) is 16.6. The van der Waals surface area contributed by atoms with Gasteiger partial charge in [-0.15, -0.1) is 0 Å². The van der Waals surface area contributed by atoms with Gasteiger partial charge in [-0.05, 0) is 50.4 Å². The van der Waals surface area contributed by atoms with Gasteiger partial charge in [-0.1, -0.05) is 36.4 Å². The maximum absolute atomic E-state index is 12.7. The first kappa shape index (κ1) is 19.9. The minimum absolute atomic E-state index is 0.383. The third kappa shape index (κ3) is 5.09. The van der Waals surface area contributed by atoms with Crippen LogP contribution in [0.1, 0.15) is 25.3 Å². The molecule has 2 aromatic rings. The van der Waals surface area contributed by atoms with Gasteiger partial charge < -0.3 is 10.1 Å². The second-order valence-electron chi connectivity index (χ2n) is 6.83. The first-order chi connectivity index (χ1) is 13.1. The molecule has 2 aromatic carbocycles. The monoisotopic (exact) mass is 388 g/mol. The molecule has 27 heavy (non-hydrogen) atoms. The van der Waals surface area contributed by atoms with Crippen LogP contribution in [0.2, 0.25) is 0 Å². The second kappa shape index (κ2) is 9.35. The predicted molar refractivity (Wildman–Crippen MR) is 107 cm³/mol. The third-order valence-corrected chi connectivity index (χ3v) is 6.89. The highest BCUT2D eigenvalue weighted by molar-refractivity contribution is 7.89. The van der Waals surface area contributed by atoms with Crippen LogP contribution in [0.5, 0.6) is 5.75 Å². The average Bonchev–Trinajstić information content (AvgIpc) is 2.70. The molecule has 146 valence electrons. The Morgan fingerprint density at radius 2 is 1.70 bits per heavy atom. The molecule has 1 saturated heterocycles. The van der Waals surface area contributed by atoms with Gasteiger partial charge in [-0.2, -0.15) is 4.31 Å². The van der Waals surface area contributed by atoms with Crippen molar-refractivity contribution in [2.24, 2.45) is 5.92 Å². The van der Waals surface area contributed by atoms with E-state index < -0.39 is 10.0 Å². The van der Waals surface area contributed by atoms with E-state index in [1.165, 1.54) is 0 Å². The van der Waals surface area contributed by atoms with Crippen LogP contribution in [0.25, 0.3) is 0 Å². The molecule has 0 aliphatic carbocycles. The van der Waals surface area contributed by atoms with Crippen molar-refractivity contribution in [3.63, 3.8) is 0 Å². The normalized spacial score (nSPS) is 16.3. The zero-order chi connectivity index (χ0) is 19.1. The lowest BCUT2D eigenvalue weighted by molar-refractivity contribution is 0.266. The number of sulfonamides is 1. The molecule has 6 heteroatoms. The van der Waals surface area contributed by atoms with Crippen molar-refractivity contribution in [2.75, 3.05) is 26.2 Å². The van der Waals surface area contributed by atoms with Gasteiger partial charge in [-0.3, -0.25) is 0 Å². The van der Waals surface area contributed by atoms with E-state index in [2.05, 4.69) is 11.4 Å². The number of ether oxygens (including phenoxy) is 1. The Labute approximate surface area is 162 Å². The highest BCUT2D eigenvalue weighted by Crippen LogP contribution is 2.24. The van der Waals surface area contributed by atoms with Crippen molar-refractivity contribution in [1.29, 1.82) is 0 Å². The van der Waals surface area contributed by atoms with Crippen molar-refractivity contribution in [3.05, 3.63) is 60.2 Å². The smallest absolute Gasteiger partial charge is 0.243 e. The van der Waals surface area contributed by atoms with Gasteiger partial charge in [-0.25, -0.2) is 8.42 Å². The molecule has 0 atom stereocenters. The number of benzene rings is 2. The Balaban J connectivity index is 1.48. The molecule has 3 rings (SSSR count). The maximum Gasteiger partial charge on any atom is 0.243 e. The lowest BCUT2D eigenvalue weighted by Crippen LogP contribution is -2.40. The Morgan fingerprint density at radius 1 is 1.04 bits per heavy atom.